The van der Waals surface area contributed by atoms with E-state index in [0.29, 0.717) is 5.02 Å². The van der Waals surface area contributed by atoms with E-state index in [2.05, 4.69) is 5.10 Å². The summed E-state index contributed by atoms with van der Waals surface area (Å²) in [5.74, 6) is 0. The Kier molecular flexibility index (Phi) is 2.88. The maximum atomic E-state index is 11.9. The molecule has 0 aliphatic carbocycles. The first-order valence-electron chi connectivity index (χ1n) is 5.20. The van der Waals surface area contributed by atoms with Gasteiger partial charge in [-0.25, -0.2) is 4.68 Å². The molecule has 16 heavy (non-hydrogen) atoms. The maximum absolute atomic E-state index is 11.9. The number of nitrogens with one attached hydrogen (secondary N) is 1. The number of halogens is 1. The van der Waals surface area contributed by atoms with Crippen LogP contribution in [0.2, 0.25) is 5.02 Å². The molecular weight excluding hydrogens is 224 g/mol. The number of aromatic amines is 1. The van der Waals surface area contributed by atoms with Gasteiger partial charge in [0.15, 0.2) is 0 Å². The Balaban J connectivity index is 2.61. The van der Waals surface area contributed by atoms with Gasteiger partial charge in [0.25, 0.3) is 5.56 Å². The van der Waals surface area contributed by atoms with Gasteiger partial charge in [-0.1, -0.05) is 24.6 Å². The molecule has 3 nitrogen and oxygen atoms in total. The molecule has 0 radical (unpaired) electrons. The number of benzene rings is 1. The lowest BCUT2D eigenvalue weighted by molar-refractivity contribution is 0.819. The topological polar surface area (TPSA) is 37.8 Å². The van der Waals surface area contributed by atoms with Crippen molar-refractivity contribution < 1.29 is 0 Å². The maximum Gasteiger partial charge on any atom is 0.274 e. The normalized spacial score (nSPS) is 10.7. The van der Waals surface area contributed by atoms with Crippen molar-refractivity contribution in [1.82, 2.24) is 9.78 Å². The smallest absolute Gasteiger partial charge is 0.274 e. The zero-order valence-corrected chi connectivity index (χ0v) is 10.0. The Bertz CT molecular complexity index is 569. The van der Waals surface area contributed by atoms with Gasteiger partial charge in [-0.3, -0.25) is 9.89 Å². The predicted molar refractivity (Wildman–Crippen MR) is 65.5 cm³/mol. The summed E-state index contributed by atoms with van der Waals surface area (Å²) in [6.07, 6.45) is 0.814. The molecule has 2 rings (SSSR count). The number of nitrogens with zero attached hydrogens (tertiary/aromatic N) is 1. The van der Waals surface area contributed by atoms with Gasteiger partial charge in [0.2, 0.25) is 0 Å². The molecule has 0 bridgehead atoms. The van der Waals surface area contributed by atoms with Gasteiger partial charge in [-0.2, -0.15) is 0 Å². The summed E-state index contributed by atoms with van der Waals surface area (Å²) in [5.41, 5.74) is 2.48. The first-order valence-corrected chi connectivity index (χ1v) is 5.57. The lowest BCUT2D eigenvalue weighted by atomic mass is 10.2. The highest BCUT2D eigenvalue weighted by Gasteiger charge is 2.09. The molecule has 1 aromatic heterocycles. The van der Waals surface area contributed by atoms with Gasteiger partial charge in [-0.05, 0) is 31.5 Å². The van der Waals surface area contributed by atoms with Crippen LogP contribution < -0.4 is 5.56 Å². The van der Waals surface area contributed by atoms with E-state index in [1.54, 1.807) is 12.1 Å². The number of rotatable bonds is 2. The molecule has 0 amide bonds. The van der Waals surface area contributed by atoms with Gasteiger partial charge in [0, 0.05) is 16.3 Å². The average Bonchev–Trinajstić information content (AvgIpc) is 2.56. The van der Waals surface area contributed by atoms with Crippen molar-refractivity contribution >= 4 is 11.6 Å². The minimum Gasteiger partial charge on any atom is -0.295 e. The summed E-state index contributed by atoms with van der Waals surface area (Å²) in [6.45, 7) is 3.85. The van der Waals surface area contributed by atoms with Gasteiger partial charge >= 0.3 is 0 Å². The summed E-state index contributed by atoms with van der Waals surface area (Å²) in [5, 5.41) is 3.71. The van der Waals surface area contributed by atoms with E-state index in [1.165, 1.54) is 4.68 Å². The van der Waals surface area contributed by atoms with E-state index in [4.69, 9.17) is 11.6 Å². The van der Waals surface area contributed by atoms with Crippen LogP contribution in [0.3, 0.4) is 0 Å². The highest BCUT2D eigenvalue weighted by molar-refractivity contribution is 6.30. The highest BCUT2D eigenvalue weighted by Crippen LogP contribution is 2.13. The van der Waals surface area contributed by atoms with Crippen LogP contribution in [-0.2, 0) is 6.42 Å². The van der Waals surface area contributed by atoms with Crippen molar-refractivity contribution in [3.05, 3.63) is 50.9 Å². The van der Waals surface area contributed by atoms with Gasteiger partial charge in [-0.15, -0.1) is 0 Å². The molecule has 0 aliphatic rings. The van der Waals surface area contributed by atoms with Crippen LogP contribution in [-0.4, -0.2) is 9.78 Å². The molecule has 0 atom stereocenters. The molecule has 0 unspecified atom stereocenters. The van der Waals surface area contributed by atoms with Crippen molar-refractivity contribution in [2.75, 3.05) is 0 Å². The van der Waals surface area contributed by atoms with E-state index >= 15 is 0 Å². The molecule has 0 spiro atoms. The van der Waals surface area contributed by atoms with E-state index in [0.717, 1.165) is 23.4 Å². The monoisotopic (exact) mass is 236 g/mol. The second-order valence-corrected chi connectivity index (χ2v) is 4.13. The molecule has 0 aliphatic heterocycles. The van der Waals surface area contributed by atoms with E-state index in [9.17, 15) is 4.79 Å². The fourth-order valence-electron chi connectivity index (χ4n) is 1.71. The van der Waals surface area contributed by atoms with Crippen LogP contribution in [0.1, 0.15) is 18.2 Å². The molecule has 84 valence electrons. The fraction of sp³-hybridized carbons (Fsp3) is 0.250. The first-order chi connectivity index (χ1) is 7.63. The molecule has 0 fully saturated rings. The average molecular weight is 237 g/mol. The van der Waals surface area contributed by atoms with Gasteiger partial charge < -0.3 is 0 Å². The van der Waals surface area contributed by atoms with Crippen molar-refractivity contribution in [2.24, 2.45) is 0 Å². The van der Waals surface area contributed by atoms with Crippen LogP contribution in [0.15, 0.2) is 29.1 Å². The van der Waals surface area contributed by atoms with Crippen molar-refractivity contribution in [3.63, 3.8) is 0 Å². The zero-order chi connectivity index (χ0) is 11.7. The minimum absolute atomic E-state index is 0.0147. The lowest BCUT2D eigenvalue weighted by Crippen LogP contribution is -2.15. The lowest BCUT2D eigenvalue weighted by Gasteiger charge is -2.01. The third kappa shape index (κ3) is 1.78. The largest absolute Gasteiger partial charge is 0.295 e. The molecule has 0 saturated carbocycles. The molecule has 0 saturated heterocycles. The highest BCUT2D eigenvalue weighted by atomic mass is 35.5. The summed E-state index contributed by atoms with van der Waals surface area (Å²) < 4.78 is 1.53. The summed E-state index contributed by atoms with van der Waals surface area (Å²) >= 11 is 5.90. The number of H-pyrrole nitrogens is 1. The molecule has 2 aromatic rings. The zero-order valence-electron chi connectivity index (χ0n) is 9.25. The van der Waals surface area contributed by atoms with Crippen molar-refractivity contribution in [2.45, 2.75) is 20.3 Å². The minimum atomic E-state index is -0.0147. The summed E-state index contributed by atoms with van der Waals surface area (Å²) in [4.78, 5) is 11.9. The fourth-order valence-corrected chi connectivity index (χ4v) is 1.89. The second kappa shape index (κ2) is 4.18. The Morgan fingerprint density at radius 3 is 2.75 bits per heavy atom. The van der Waals surface area contributed by atoms with Gasteiger partial charge in [0.1, 0.15) is 0 Å². The standard InChI is InChI=1S/C12H13ClN2O/c1-3-11-8(2)12(16)15(14-11)10-6-4-5-9(13)7-10/h4-7,14H,3H2,1-2H3. The Morgan fingerprint density at radius 1 is 1.44 bits per heavy atom. The molecule has 1 aromatic carbocycles. The second-order valence-electron chi connectivity index (χ2n) is 3.69. The van der Waals surface area contributed by atoms with E-state index < -0.39 is 0 Å². The molecule has 4 heteroatoms. The Morgan fingerprint density at radius 2 is 2.19 bits per heavy atom. The number of aryl methyl sites for hydroxylation is 1. The molecule has 1 N–H and O–H groups in total. The van der Waals surface area contributed by atoms with Crippen molar-refractivity contribution in [3.8, 4) is 5.69 Å². The van der Waals surface area contributed by atoms with Crippen LogP contribution in [0.4, 0.5) is 0 Å². The van der Waals surface area contributed by atoms with E-state index in [1.807, 2.05) is 26.0 Å². The number of hydrogen-bond acceptors (Lipinski definition) is 1. The van der Waals surface area contributed by atoms with Crippen LogP contribution in [0.25, 0.3) is 5.69 Å². The molecule has 1 heterocycles. The Labute approximate surface area is 98.7 Å². The summed E-state index contributed by atoms with van der Waals surface area (Å²) in [6, 6.07) is 7.22. The number of aromatic nitrogens is 2. The van der Waals surface area contributed by atoms with Crippen LogP contribution in [0, 0.1) is 6.92 Å². The Hall–Kier alpha value is -1.48. The van der Waals surface area contributed by atoms with Crippen LogP contribution >= 0.6 is 11.6 Å². The summed E-state index contributed by atoms with van der Waals surface area (Å²) in [7, 11) is 0. The third-order valence-electron chi connectivity index (χ3n) is 2.64. The van der Waals surface area contributed by atoms with Gasteiger partial charge in [0.05, 0.1) is 5.69 Å². The first kappa shape index (κ1) is 11.0. The third-order valence-corrected chi connectivity index (χ3v) is 2.88. The van der Waals surface area contributed by atoms with Crippen molar-refractivity contribution in [1.29, 1.82) is 0 Å². The SMILES string of the molecule is CCc1[nH]n(-c2cccc(Cl)c2)c(=O)c1C. The predicted octanol–water partition coefficient (Wildman–Crippen LogP) is 2.69. The number of hydrogen-bond donors (Lipinski definition) is 1. The molecular formula is C12H13ClN2O. The van der Waals surface area contributed by atoms with Crippen LogP contribution in [0.5, 0.6) is 0 Å². The quantitative estimate of drug-likeness (QED) is 0.856. The van der Waals surface area contributed by atoms with E-state index in [-0.39, 0.29) is 5.56 Å².